The van der Waals surface area contributed by atoms with E-state index in [9.17, 15) is 19.2 Å². The first-order valence-electron chi connectivity index (χ1n) is 5.36. The summed E-state index contributed by atoms with van der Waals surface area (Å²) in [6.45, 7) is 0. The Morgan fingerprint density at radius 2 is 1.85 bits per heavy atom. The second kappa shape index (κ2) is 6.36. The first-order valence-corrected chi connectivity index (χ1v) is 5.36. The number of aromatic amines is 2. The zero-order valence-corrected chi connectivity index (χ0v) is 10.8. The Labute approximate surface area is 112 Å². The lowest BCUT2D eigenvalue weighted by Gasteiger charge is -2.07. The number of nitrogen functional groups attached to an aromatic ring is 1. The first-order chi connectivity index (χ1) is 9.38. The maximum Gasteiger partial charge on any atom is 0.330 e. The quantitative estimate of drug-likeness (QED) is 0.463. The molecule has 0 radical (unpaired) electrons. The van der Waals surface area contributed by atoms with Crippen molar-refractivity contribution >= 4 is 23.3 Å². The largest absolute Gasteiger partial charge is 0.469 e. The van der Waals surface area contributed by atoms with Crippen molar-refractivity contribution in [3.05, 3.63) is 32.5 Å². The van der Waals surface area contributed by atoms with Crippen LogP contribution in [0.5, 0.6) is 0 Å². The van der Waals surface area contributed by atoms with Gasteiger partial charge in [0.1, 0.15) is 5.82 Å². The number of carbonyl (C=O) groups excluding carboxylic acids is 2. The number of anilines is 1. The van der Waals surface area contributed by atoms with Gasteiger partial charge >= 0.3 is 17.6 Å². The summed E-state index contributed by atoms with van der Waals surface area (Å²) in [5.74, 6) is -1.74. The standard InChI is InChI=1S/C11H13N3O6/c1-19-6(15)3-5(4-7(16)20-2)8-9(12)13-11(18)14-10(8)17/h3H,4H2,1-2H3,(H4,12,13,14,17,18)/b5-3+. The van der Waals surface area contributed by atoms with Crippen molar-refractivity contribution in [1.29, 1.82) is 0 Å². The van der Waals surface area contributed by atoms with Crippen LogP contribution in [0.1, 0.15) is 12.0 Å². The lowest BCUT2D eigenvalue weighted by Crippen LogP contribution is -2.27. The van der Waals surface area contributed by atoms with Gasteiger partial charge in [0.05, 0.1) is 26.2 Å². The smallest absolute Gasteiger partial charge is 0.330 e. The number of nitrogens with two attached hydrogens (primary N) is 1. The van der Waals surface area contributed by atoms with Crippen molar-refractivity contribution in [2.24, 2.45) is 0 Å². The highest BCUT2D eigenvalue weighted by atomic mass is 16.5. The number of nitrogens with one attached hydrogen (secondary N) is 2. The van der Waals surface area contributed by atoms with Gasteiger partial charge < -0.3 is 15.2 Å². The fourth-order valence-electron chi connectivity index (χ4n) is 1.46. The van der Waals surface area contributed by atoms with Crippen LogP contribution in [0, 0.1) is 0 Å². The number of hydrogen-bond donors (Lipinski definition) is 3. The van der Waals surface area contributed by atoms with E-state index in [2.05, 4.69) is 14.5 Å². The van der Waals surface area contributed by atoms with Crippen LogP contribution in [0.25, 0.3) is 5.57 Å². The van der Waals surface area contributed by atoms with Crippen LogP contribution in [0.15, 0.2) is 15.7 Å². The third kappa shape index (κ3) is 3.57. The second-order valence-electron chi connectivity index (χ2n) is 3.64. The predicted octanol–water partition coefficient (Wildman–Crippen LogP) is -1.24. The van der Waals surface area contributed by atoms with Crippen LogP contribution in [0.4, 0.5) is 5.82 Å². The molecule has 0 unspecified atom stereocenters. The number of ether oxygens (including phenoxy) is 2. The van der Waals surface area contributed by atoms with Gasteiger partial charge in [0, 0.05) is 6.08 Å². The van der Waals surface area contributed by atoms with Gasteiger partial charge in [-0.25, -0.2) is 9.59 Å². The van der Waals surface area contributed by atoms with E-state index >= 15 is 0 Å². The molecule has 0 spiro atoms. The van der Waals surface area contributed by atoms with Gasteiger partial charge in [-0.05, 0) is 5.57 Å². The minimum absolute atomic E-state index is 0.0290. The predicted molar refractivity (Wildman–Crippen MR) is 68.7 cm³/mol. The highest BCUT2D eigenvalue weighted by Gasteiger charge is 2.17. The summed E-state index contributed by atoms with van der Waals surface area (Å²) in [5.41, 5.74) is 3.69. The molecule has 9 nitrogen and oxygen atoms in total. The number of aromatic nitrogens is 2. The van der Waals surface area contributed by atoms with E-state index in [1.165, 1.54) is 0 Å². The third-order valence-electron chi connectivity index (χ3n) is 2.35. The SMILES string of the molecule is COC(=O)/C=C(\CC(=O)OC)c1c(N)[nH]c(=O)[nH]c1=O. The van der Waals surface area contributed by atoms with E-state index in [0.717, 1.165) is 20.3 Å². The van der Waals surface area contributed by atoms with Crippen molar-refractivity contribution in [3.63, 3.8) is 0 Å². The molecular weight excluding hydrogens is 270 g/mol. The van der Waals surface area contributed by atoms with E-state index in [4.69, 9.17) is 5.73 Å². The van der Waals surface area contributed by atoms with Crippen molar-refractivity contribution in [2.45, 2.75) is 6.42 Å². The topological polar surface area (TPSA) is 144 Å². The van der Waals surface area contributed by atoms with Crippen LogP contribution in [0.2, 0.25) is 0 Å². The molecule has 1 aromatic heterocycles. The molecule has 0 aliphatic carbocycles. The van der Waals surface area contributed by atoms with Crippen molar-refractivity contribution < 1.29 is 19.1 Å². The van der Waals surface area contributed by atoms with Gasteiger partial charge in [-0.1, -0.05) is 0 Å². The molecule has 0 aliphatic rings. The molecule has 1 rings (SSSR count). The van der Waals surface area contributed by atoms with Crippen LogP contribution in [-0.2, 0) is 19.1 Å². The number of esters is 2. The molecule has 4 N–H and O–H groups in total. The summed E-state index contributed by atoms with van der Waals surface area (Å²) in [6, 6.07) is 0. The summed E-state index contributed by atoms with van der Waals surface area (Å²) < 4.78 is 8.89. The molecule has 1 aromatic rings. The number of carbonyl (C=O) groups is 2. The number of methoxy groups -OCH3 is 2. The minimum Gasteiger partial charge on any atom is -0.469 e. The number of hydrogen-bond acceptors (Lipinski definition) is 7. The fraction of sp³-hybridized carbons (Fsp3) is 0.273. The summed E-state index contributed by atoms with van der Waals surface area (Å²) >= 11 is 0. The van der Waals surface area contributed by atoms with Crippen LogP contribution in [-0.4, -0.2) is 36.1 Å². The van der Waals surface area contributed by atoms with Gasteiger partial charge in [0.25, 0.3) is 5.56 Å². The highest BCUT2D eigenvalue weighted by molar-refractivity contribution is 5.97. The second-order valence-corrected chi connectivity index (χ2v) is 3.64. The summed E-state index contributed by atoms with van der Waals surface area (Å²) in [5, 5.41) is 0. The van der Waals surface area contributed by atoms with Gasteiger partial charge in [0.15, 0.2) is 0 Å². The molecule has 0 aromatic carbocycles. The summed E-state index contributed by atoms with van der Waals surface area (Å²) in [7, 11) is 2.29. The van der Waals surface area contributed by atoms with E-state index in [1.807, 2.05) is 4.98 Å². The van der Waals surface area contributed by atoms with Gasteiger partial charge in [-0.15, -0.1) is 0 Å². The van der Waals surface area contributed by atoms with Gasteiger partial charge in [-0.3, -0.25) is 19.6 Å². The van der Waals surface area contributed by atoms with Crippen LogP contribution >= 0.6 is 0 Å². The summed E-state index contributed by atoms with van der Waals surface area (Å²) in [4.78, 5) is 49.5. The maximum absolute atomic E-state index is 11.7. The van der Waals surface area contributed by atoms with Gasteiger partial charge in [0.2, 0.25) is 0 Å². The number of rotatable bonds is 4. The zero-order valence-electron chi connectivity index (χ0n) is 10.8. The lowest BCUT2D eigenvalue weighted by atomic mass is 10.0. The van der Waals surface area contributed by atoms with Gasteiger partial charge in [-0.2, -0.15) is 0 Å². The van der Waals surface area contributed by atoms with Crippen LogP contribution < -0.4 is 17.0 Å². The molecule has 0 amide bonds. The Bertz CT molecular complexity index is 669. The molecule has 0 saturated carbocycles. The molecule has 0 fully saturated rings. The Kier molecular flexibility index (Phi) is 4.84. The first kappa shape index (κ1) is 15.2. The average Bonchev–Trinajstić information content (AvgIpc) is 2.36. The van der Waals surface area contributed by atoms with Crippen molar-refractivity contribution in [2.75, 3.05) is 20.0 Å². The van der Waals surface area contributed by atoms with Crippen molar-refractivity contribution in [3.8, 4) is 0 Å². The molecule has 0 saturated heterocycles. The molecule has 0 aliphatic heterocycles. The third-order valence-corrected chi connectivity index (χ3v) is 2.35. The molecule has 108 valence electrons. The number of H-pyrrole nitrogens is 2. The molecule has 20 heavy (non-hydrogen) atoms. The van der Waals surface area contributed by atoms with E-state index < -0.39 is 23.2 Å². The zero-order chi connectivity index (χ0) is 15.3. The monoisotopic (exact) mass is 283 g/mol. The normalized spacial score (nSPS) is 11.0. The van der Waals surface area contributed by atoms with E-state index in [-0.39, 0.29) is 23.4 Å². The Morgan fingerprint density at radius 3 is 2.35 bits per heavy atom. The van der Waals surface area contributed by atoms with E-state index in [1.54, 1.807) is 0 Å². The maximum atomic E-state index is 11.7. The molecule has 1 heterocycles. The molecule has 0 atom stereocenters. The lowest BCUT2D eigenvalue weighted by molar-refractivity contribution is -0.139. The fourth-order valence-corrected chi connectivity index (χ4v) is 1.46. The molecule has 0 bridgehead atoms. The minimum atomic E-state index is -0.828. The van der Waals surface area contributed by atoms with Crippen LogP contribution in [0.3, 0.4) is 0 Å². The highest BCUT2D eigenvalue weighted by Crippen LogP contribution is 2.19. The summed E-state index contributed by atoms with van der Waals surface area (Å²) in [6.07, 6.45) is 0.543. The van der Waals surface area contributed by atoms with Crippen molar-refractivity contribution in [1.82, 2.24) is 9.97 Å². The average molecular weight is 283 g/mol. The molecule has 9 heteroatoms. The Hall–Kier alpha value is -2.84. The van der Waals surface area contributed by atoms with E-state index in [0.29, 0.717) is 0 Å². The Balaban J connectivity index is 3.42. The molecular formula is C11H13N3O6. The Morgan fingerprint density at radius 1 is 1.20 bits per heavy atom.